The lowest BCUT2D eigenvalue weighted by Crippen LogP contribution is -2.39. The van der Waals surface area contributed by atoms with Crippen molar-refractivity contribution in [2.24, 2.45) is 5.92 Å². The standard InChI is InChI=1S/C25H25ClF2N2O5S/c26-21-16-3-1-2-4-19(16)36-22(21)24(32)30-10-9-29-23(31)20-17(27)11-15(12-18(20)28)35-14-7-5-13(6-8-14)25(33)34/h1-4,11-14,21-22H,5-10H2,(H,29,31)(H,30,32)(H,33,34)/t13-,14+,21?,22?. The molecule has 0 bridgehead atoms. The molecule has 1 aliphatic carbocycles. The molecule has 1 heterocycles. The molecule has 0 aromatic heterocycles. The lowest BCUT2D eigenvalue weighted by Gasteiger charge is -2.26. The molecule has 4 rings (SSSR count). The van der Waals surface area contributed by atoms with Gasteiger partial charge in [0.05, 0.1) is 17.4 Å². The number of carboxylic acids is 1. The van der Waals surface area contributed by atoms with Gasteiger partial charge in [-0.15, -0.1) is 23.4 Å². The van der Waals surface area contributed by atoms with E-state index in [1.165, 1.54) is 11.8 Å². The molecule has 2 amide bonds. The molecule has 0 saturated heterocycles. The lowest BCUT2D eigenvalue weighted by molar-refractivity contribution is -0.143. The highest BCUT2D eigenvalue weighted by molar-refractivity contribution is 8.01. The predicted octanol–water partition coefficient (Wildman–Crippen LogP) is 4.29. The van der Waals surface area contributed by atoms with E-state index in [0.717, 1.165) is 22.6 Å². The number of hydrogen-bond donors (Lipinski definition) is 3. The second-order valence-corrected chi connectivity index (χ2v) is 10.4. The van der Waals surface area contributed by atoms with E-state index in [1.54, 1.807) is 0 Å². The quantitative estimate of drug-likeness (QED) is 0.342. The highest BCUT2D eigenvalue weighted by Gasteiger charge is 2.36. The first-order valence-electron chi connectivity index (χ1n) is 11.6. The predicted molar refractivity (Wildman–Crippen MR) is 130 cm³/mol. The summed E-state index contributed by atoms with van der Waals surface area (Å²) in [6, 6.07) is 9.38. The first kappa shape index (κ1) is 26.2. The third-order valence-electron chi connectivity index (χ3n) is 6.27. The second kappa shape index (κ2) is 11.5. The highest BCUT2D eigenvalue weighted by atomic mass is 35.5. The Balaban J connectivity index is 1.25. The minimum absolute atomic E-state index is 0.0359. The van der Waals surface area contributed by atoms with Crippen LogP contribution in [0.3, 0.4) is 0 Å². The van der Waals surface area contributed by atoms with E-state index in [1.807, 2.05) is 24.3 Å². The Bertz CT molecular complexity index is 1140. The summed E-state index contributed by atoms with van der Waals surface area (Å²) in [5, 5.41) is 13.2. The zero-order chi connectivity index (χ0) is 25.8. The number of carboxylic acid groups (broad SMARTS) is 1. The summed E-state index contributed by atoms with van der Waals surface area (Å²) in [6.45, 7) is 0.0247. The van der Waals surface area contributed by atoms with Gasteiger partial charge in [-0.05, 0) is 37.3 Å². The second-order valence-electron chi connectivity index (χ2n) is 8.72. The number of halogens is 3. The van der Waals surface area contributed by atoms with Gasteiger partial charge in [0, 0.05) is 30.1 Å². The molecule has 2 unspecified atom stereocenters. The molecule has 2 atom stereocenters. The molecule has 11 heteroatoms. The number of hydrogen-bond acceptors (Lipinski definition) is 5. The van der Waals surface area contributed by atoms with Crippen LogP contribution >= 0.6 is 23.4 Å². The van der Waals surface area contributed by atoms with Crippen LogP contribution in [-0.2, 0) is 9.59 Å². The third kappa shape index (κ3) is 5.92. The molecule has 2 aromatic rings. The molecule has 2 aromatic carbocycles. The van der Waals surface area contributed by atoms with Crippen LogP contribution in [-0.4, -0.2) is 47.3 Å². The summed E-state index contributed by atoms with van der Waals surface area (Å²) < 4.78 is 34.7. The van der Waals surface area contributed by atoms with E-state index in [2.05, 4.69) is 10.6 Å². The summed E-state index contributed by atoms with van der Waals surface area (Å²) in [7, 11) is 0. The molecule has 36 heavy (non-hydrogen) atoms. The Kier molecular flexibility index (Phi) is 8.35. The Morgan fingerprint density at radius 2 is 1.67 bits per heavy atom. The molecule has 192 valence electrons. The average Bonchev–Trinajstić information content (AvgIpc) is 3.18. The van der Waals surface area contributed by atoms with Crippen LogP contribution in [0.1, 0.15) is 47.0 Å². The van der Waals surface area contributed by atoms with E-state index in [0.29, 0.717) is 25.7 Å². The molecule has 7 nitrogen and oxygen atoms in total. The van der Waals surface area contributed by atoms with Crippen LogP contribution in [0.2, 0.25) is 0 Å². The Morgan fingerprint density at radius 3 is 2.31 bits per heavy atom. The van der Waals surface area contributed by atoms with Crippen molar-refractivity contribution in [3.8, 4) is 5.75 Å². The van der Waals surface area contributed by atoms with Crippen molar-refractivity contribution in [1.29, 1.82) is 0 Å². The van der Waals surface area contributed by atoms with Gasteiger partial charge in [-0.2, -0.15) is 0 Å². The Morgan fingerprint density at radius 1 is 1.03 bits per heavy atom. The number of carbonyl (C=O) groups is 3. The number of ether oxygens (including phenoxy) is 1. The van der Waals surface area contributed by atoms with E-state index in [4.69, 9.17) is 21.4 Å². The van der Waals surface area contributed by atoms with Crippen molar-refractivity contribution in [1.82, 2.24) is 10.6 Å². The van der Waals surface area contributed by atoms with Gasteiger partial charge in [0.25, 0.3) is 5.91 Å². The molecule has 2 aliphatic rings. The number of nitrogens with one attached hydrogen (secondary N) is 2. The maximum Gasteiger partial charge on any atom is 0.306 e. The fraction of sp³-hybridized carbons (Fsp3) is 0.400. The fourth-order valence-corrected chi connectivity index (χ4v) is 6.11. The van der Waals surface area contributed by atoms with Gasteiger partial charge in [-0.25, -0.2) is 8.78 Å². The van der Waals surface area contributed by atoms with Crippen LogP contribution in [0, 0.1) is 17.6 Å². The molecular weight excluding hydrogens is 514 g/mol. The SMILES string of the molecule is O=C(NCCNC(=O)C1Sc2ccccc2C1Cl)c1c(F)cc(O[C@H]2CC[C@@H](C(=O)O)CC2)cc1F. The van der Waals surface area contributed by atoms with E-state index >= 15 is 0 Å². The molecule has 1 fully saturated rings. The fourth-order valence-electron chi connectivity index (χ4n) is 4.37. The highest BCUT2D eigenvalue weighted by Crippen LogP contribution is 2.47. The number of fused-ring (bicyclic) bond motifs is 1. The first-order chi connectivity index (χ1) is 17.2. The van der Waals surface area contributed by atoms with Gasteiger partial charge in [0.1, 0.15) is 28.2 Å². The number of amides is 2. The maximum absolute atomic E-state index is 14.6. The van der Waals surface area contributed by atoms with Crippen LogP contribution in [0.5, 0.6) is 5.75 Å². The van der Waals surface area contributed by atoms with E-state index in [-0.39, 0.29) is 30.9 Å². The number of carbonyl (C=O) groups excluding carboxylic acids is 2. The smallest absolute Gasteiger partial charge is 0.306 e. The van der Waals surface area contributed by atoms with Crippen molar-refractivity contribution in [3.05, 3.63) is 59.2 Å². The van der Waals surface area contributed by atoms with Gasteiger partial charge < -0.3 is 20.5 Å². The summed E-state index contributed by atoms with van der Waals surface area (Å²) >= 11 is 7.77. The minimum Gasteiger partial charge on any atom is -0.490 e. The molecule has 3 N–H and O–H groups in total. The number of thioether (sulfide) groups is 1. The van der Waals surface area contributed by atoms with Crippen LogP contribution in [0.15, 0.2) is 41.3 Å². The Labute approximate surface area is 215 Å². The molecule has 0 radical (unpaired) electrons. The number of alkyl halides is 1. The van der Waals surface area contributed by atoms with Crippen LogP contribution in [0.4, 0.5) is 8.78 Å². The van der Waals surface area contributed by atoms with Gasteiger partial charge >= 0.3 is 5.97 Å². The van der Waals surface area contributed by atoms with Crippen LogP contribution in [0.25, 0.3) is 0 Å². The summed E-state index contributed by atoms with van der Waals surface area (Å²) in [5.41, 5.74) is 0.148. The largest absolute Gasteiger partial charge is 0.490 e. The first-order valence-corrected chi connectivity index (χ1v) is 12.9. The van der Waals surface area contributed by atoms with Crippen molar-refractivity contribution in [2.75, 3.05) is 13.1 Å². The summed E-state index contributed by atoms with van der Waals surface area (Å²) in [5.74, 6) is -4.73. The zero-order valence-corrected chi connectivity index (χ0v) is 20.7. The topological polar surface area (TPSA) is 105 Å². The number of benzene rings is 2. The Hall–Kier alpha value is -2.85. The lowest BCUT2D eigenvalue weighted by atomic mass is 9.87. The zero-order valence-electron chi connectivity index (χ0n) is 19.1. The molecule has 1 aliphatic heterocycles. The normalized spacial score (nSPS) is 23.0. The molecular formula is C25H25ClF2N2O5S. The van der Waals surface area contributed by atoms with Gasteiger partial charge in [-0.1, -0.05) is 18.2 Å². The van der Waals surface area contributed by atoms with Gasteiger partial charge in [0.15, 0.2) is 0 Å². The molecule has 0 spiro atoms. The van der Waals surface area contributed by atoms with Gasteiger partial charge in [0.2, 0.25) is 5.91 Å². The maximum atomic E-state index is 14.6. The van der Waals surface area contributed by atoms with Crippen molar-refractivity contribution in [2.45, 2.75) is 47.3 Å². The molecule has 1 saturated carbocycles. The van der Waals surface area contributed by atoms with Crippen molar-refractivity contribution < 1.29 is 33.0 Å². The van der Waals surface area contributed by atoms with Crippen molar-refractivity contribution in [3.63, 3.8) is 0 Å². The number of aliphatic carboxylic acids is 1. The van der Waals surface area contributed by atoms with E-state index < -0.39 is 45.6 Å². The summed E-state index contributed by atoms with van der Waals surface area (Å²) in [4.78, 5) is 36.9. The average molecular weight is 539 g/mol. The monoisotopic (exact) mass is 538 g/mol. The van der Waals surface area contributed by atoms with Gasteiger partial charge in [-0.3, -0.25) is 14.4 Å². The van der Waals surface area contributed by atoms with Crippen molar-refractivity contribution >= 4 is 41.1 Å². The van der Waals surface area contributed by atoms with E-state index in [9.17, 15) is 23.2 Å². The van der Waals surface area contributed by atoms with Crippen LogP contribution < -0.4 is 15.4 Å². The third-order valence-corrected chi connectivity index (χ3v) is 8.28. The number of rotatable bonds is 8. The minimum atomic E-state index is -1.07. The summed E-state index contributed by atoms with van der Waals surface area (Å²) in [6.07, 6.45) is 1.44.